The molecule has 0 saturated carbocycles. The number of nitrogens with one attached hydrogen (secondary N) is 1. The van der Waals surface area contributed by atoms with Crippen molar-refractivity contribution in [3.8, 4) is 0 Å². The Bertz CT molecular complexity index is 648. The number of hydrogen-bond donors (Lipinski definition) is 1. The van der Waals surface area contributed by atoms with Crippen LogP contribution in [-0.4, -0.2) is 19.7 Å². The monoisotopic (exact) mass is 331 g/mol. The third-order valence-electron chi connectivity index (χ3n) is 3.68. The van der Waals surface area contributed by atoms with Crippen LogP contribution in [0, 0.1) is 0 Å². The van der Waals surface area contributed by atoms with E-state index in [9.17, 15) is 13.2 Å². The molecule has 0 bridgehead atoms. The van der Waals surface area contributed by atoms with Crippen molar-refractivity contribution >= 4 is 11.3 Å². The molecular formula is C13H16F3N5S. The Labute approximate surface area is 129 Å². The predicted molar refractivity (Wildman–Crippen MR) is 75.3 cm³/mol. The maximum atomic E-state index is 12.5. The molecule has 1 aliphatic rings. The second-order valence-corrected chi connectivity index (χ2v) is 6.25. The van der Waals surface area contributed by atoms with E-state index < -0.39 is 11.9 Å². The number of nitrogens with zero attached hydrogens (tertiary/aromatic N) is 4. The SMILES string of the molecule is C[C@@H](NCc1nc(C(F)(F)F)cs1)c1nnc2n1CCCC2. The fraction of sp³-hybridized carbons (Fsp3) is 0.615. The average Bonchev–Trinajstić information content (AvgIpc) is 3.11. The molecule has 1 aliphatic heterocycles. The lowest BCUT2D eigenvalue weighted by atomic mass is 10.1. The molecule has 1 atom stereocenters. The predicted octanol–water partition coefficient (Wildman–Crippen LogP) is 2.94. The van der Waals surface area contributed by atoms with Gasteiger partial charge >= 0.3 is 6.18 Å². The van der Waals surface area contributed by atoms with Crippen molar-refractivity contribution in [3.63, 3.8) is 0 Å². The van der Waals surface area contributed by atoms with Gasteiger partial charge in [-0.05, 0) is 19.8 Å². The molecule has 0 radical (unpaired) electrons. The van der Waals surface area contributed by atoms with Crippen LogP contribution in [0.25, 0.3) is 0 Å². The van der Waals surface area contributed by atoms with Crippen LogP contribution in [0.2, 0.25) is 0 Å². The summed E-state index contributed by atoms with van der Waals surface area (Å²) < 4.78 is 39.6. The summed E-state index contributed by atoms with van der Waals surface area (Å²) in [7, 11) is 0. The van der Waals surface area contributed by atoms with Gasteiger partial charge in [-0.3, -0.25) is 0 Å². The van der Waals surface area contributed by atoms with Gasteiger partial charge in [0.15, 0.2) is 5.69 Å². The number of alkyl halides is 3. The molecule has 0 fully saturated rings. The Morgan fingerprint density at radius 1 is 1.36 bits per heavy atom. The van der Waals surface area contributed by atoms with Gasteiger partial charge in [-0.1, -0.05) is 0 Å². The van der Waals surface area contributed by atoms with Crippen LogP contribution in [0.1, 0.15) is 48.2 Å². The van der Waals surface area contributed by atoms with Crippen LogP contribution >= 0.6 is 11.3 Å². The van der Waals surface area contributed by atoms with E-state index >= 15 is 0 Å². The highest BCUT2D eigenvalue weighted by Gasteiger charge is 2.33. The Balaban J connectivity index is 1.64. The van der Waals surface area contributed by atoms with Crippen LogP contribution in [0.15, 0.2) is 5.38 Å². The van der Waals surface area contributed by atoms with Gasteiger partial charge in [-0.2, -0.15) is 13.2 Å². The van der Waals surface area contributed by atoms with E-state index in [0.29, 0.717) is 5.01 Å². The van der Waals surface area contributed by atoms with Crippen LogP contribution in [0.4, 0.5) is 13.2 Å². The number of thiazole rings is 1. The molecular weight excluding hydrogens is 315 g/mol. The largest absolute Gasteiger partial charge is 0.434 e. The molecule has 3 rings (SSSR count). The molecule has 2 aromatic rings. The van der Waals surface area contributed by atoms with Crippen molar-refractivity contribution in [1.82, 2.24) is 25.1 Å². The molecule has 0 unspecified atom stereocenters. The van der Waals surface area contributed by atoms with Gasteiger partial charge in [0.25, 0.3) is 0 Å². The molecule has 0 aliphatic carbocycles. The van der Waals surface area contributed by atoms with E-state index in [1.165, 1.54) is 0 Å². The van der Waals surface area contributed by atoms with Crippen molar-refractivity contribution in [2.45, 2.75) is 51.5 Å². The second kappa shape index (κ2) is 5.96. The molecule has 5 nitrogen and oxygen atoms in total. The minimum atomic E-state index is -4.38. The zero-order chi connectivity index (χ0) is 15.7. The van der Waals surface area contributed by atoms with E-state index in [2.05, 4.69) is 25.1 Å². The normalized spacial score (nSPS) is 16.5. The Morgan fingerprint density at radius 3 is 2.91 bits per heavy atom. The van der Waals surface area contributed by atoms with Gasteiger partial charge in [-0.25, -0.2) is 4.98 Å². The highest BCUT2D eigenvalue weighted by atomic mass is 32.1. The third kappa shape index (κ3) is 3.14. The standard InChI is InChI=1S/C13H16F3N5S/c1-8(12-20-19-10-4-2-3-5-21(10)12)17-6-11-18-9(7-22-11)13(14,15)16/h7-8,17H,2-6H2,1H3/t8-/m1/s1. The maximum absolute atomic E-state index is 12.5. The minimum absolute atomic E-state index is 0.0856. The number of hydrogen-bond acceptors (Lipinski definition) is 5. The van der Waals surface area contributed by atoms with Crippen LogP contribution < -0.4 is 5.32 Å². The summed E-state index contributed by atoms with van der Waals surface area (Å²) in [5.41, 5.74) is -0.832. The molecule has 0 amide bonds. The van der Waals surface area contributed by atoms with E-state index in [4.69, 9.17) is 0 Å². The van der Waals surface area contributed by atoms with Crippen LogP contribution in [0.5, 0.6) is 0 Å². The number of aryl methyl sites for hydroxylation is 1. The first-order valence-corrected chi connectivity index (χ1v) is 8.00. The topological polar surface area (TPSA) is 55.6 Å². The number of fused-ring (bicyclic) bond motifs is 1. The summed E-state index contributed by atoms with van der Waals surface area (Å²) in [6.45, 7) is 3.12. The quantitative estimate of drug-likeness (QED) is 0.936. The summed E-state index contributed by atoms with van der Waals surface area (Å²) in [5.74, 6) is 1.82. The van der Waals surface area contributed by atoms with E-state index in [-0.39, 0.29) is 12.6 Å². The molecule has 0 aromatic carbocycles. The van der Waals surface area contributed by atoms with Gasteiger partial charge < -0.3 is 9.88 Å². The molecule has 2 aromatic heterocycles. The minimum Gasteiger partial charge on any atom is -0.314 e. The number of aromatic nitrogens is 4. The summed E-state index contributed by atoms with van der Waals surface area (Å²) in [5, 5.41) is 13.0. The lowest BCUT2D eigenvalue weighted by Crippen LogP contribution is -2.23. The molecule has 0 saturated heterocycles. The second-order valence-electron chi connectivity index (χ2n) is 5.31. The third-order valence-corrected chi connectivity index (χ3v) is 4.53. The zero-order valence-corrected chi connectivity index (χ0v) is 12.8. The van der Waals surface area contributed by atoms with Crippen LogP contribution in [-0.2, 0) is 25.7 Å². The van der Waals surface area contributed by atoms with E-state index in [1.807, 2.05) is 6.92 Å². The van der Waals surface area contributed by atoms with Crippen molar-refractivity contribution in [2.75, 3.05) is 0 Å². The first-order chi connectivity index (χ1) is 10.4. The van der Waals surface area contributed by atoms with Gasteiger partial charge in [0.2, 0.25) is 0 Å². The Kier molecular flexibility index (Phi) is 4.18. The highest BCUT2D eigenvalue weighted by molar-refractivity contribution is 7.09. The summed E-state index contributed by atoms with van der Waals surface area (Å²) >= 11 is 1.01. The van der Waals surface area contributed by atoms with Crippen LogP contribution in [0.3, 0.4) is 0 Å². The molecule has 0 spiro atoms. The Morgan fingerprint density at radius 2 is 2.18 bits per heavy atom. The van der Waals surface area contributed by atoms with Crippen molar-refractivity contribution in [2.24, 2.45) is 0 Å². The number of rotatable bonds is 4. The van der Waals surface area contributed by atoms with Crippen molar-refractivity contribution in [1.29, 1.82) is 0 Å². The van der Waals surface area contributed by atoms with Gasteiger partial charge in [0.1, 0.15) is 16.7 Å². The van der Waals surface area contributed by atoms with Gasteiger partial charge in [-0.15, -0.1) is 21.5 Å². The zero-order valence-electron chi connectivity index (χ0n) is 12.0. The Hall–Kier alpha value is -1.48. The molecule has 3 heterocycles. The maximum Gasteiger partial charge on any atom is 0.434 e. The van der Waals surface area contributed by atoms with Crippen molar-refractivity contribution < 1.29 is 13.2 Å². The average molecular weight is 331 g/mol. The summed E-state index contributed by atoms with van der Waals surface area (Å²) in [6, 6.07) is -0.0856. The smallest absolute Gasteiger partial charge is 0.314 e. The van der Waals surface area contributed by atoms with E-state index in [0.717, 1.165) is 54.2 Å². The number of halogens is 3. The highest BCUT2D eigenvalue weighted by Crippen LogP contribution is 2.30. The molecule has 1 N–H and O–H groups in total. The van der Waals surface area contributed by atoms with E-state index in [1.54, 1.807) is 0 Å². The molecule has 120 valence electrons. The fourth-order valence-electron chi connectivity index (χ4n) is 2.51. The summed E-state index contributed by atoms with van der Waals surface area (Å²) in [6.07, 6.45) is -1.22. The fourth-order valence-corrected chi connectivity index (χ4v) is 3.26. The lowest BCUT2D eigenvalue weighted by Gasteiger charge is -2.18. The first-order valence-electron chi connectivity index (χ1n) is 7.12. The summed E-state index contributed by atoms with van der Waals surface area (Å²) in [4.78, 5) is 3.61. The molecule has 9 heteroatoms. The van der Waals surface area contributed by atoms with Crippen molar-refractivity contribution in [3.05, 3.63) is 27.7 Å². The van der Waals surface area contributed by atoms with Gasteiger partial charge in [0.05, 0.1) is 6.04 Å². The molecule has 22 heavy (non-hydrogen) atoms. The lowest BCUT2D eigenvalue weighted by molar-refractivity contribution is -0.140. The first kappa shape index (κ1) is 15.4. The van der Waals surface area contributed by atoms with Gasteiger partial charge in [0, 0.05) is 24.9 Å².